The van der Waals surface area contributed by atoms with Crippen LogP contribution in [-0.2, 0) is 6.42 Å². The predicted molar refractivity (Wildman–Crippen MR) is 119 cm³/mol. The number of anilines is 1. The first-order chi connectivity index (χ1) is 15.1. The molecule has 2 atom stereocenters. The number of rotatable bonds is 8. The first-order valence-electron chi connectivity index (χ1n) is 10.9. The van der Waals surface area contributed by atoms with Gasteiger partial charge >= 0.3 is 0 Å². The van der Waals surface area contributed by atoms with Gasteiger partial charge in [-0.25, -0.2) is 4.39 Å². The molecule has 0 aliphatic carbocycles. The van der Waals surface area contributed by atoms with Crippen LogP contribution in [0.4, 0.5) is 10.3 Å². The summed E-state index contributed by atoms with van der Waals surface area (Å²) in [6.07, 6.45) is 4.58. The topological polar surface area (TPSA) is 92.9 Å². The number of amides is 1. The number of fused-ring (bicyclic) bond motifs is 1. The fourth-order valence-electron chi connectivity index (χ4n) is 4.20. The Hall–Kier alpha value is -2.94. The number of alkyl halides is 1. The number of hydrogen-bond acceptors (Lipinski definition) is 5. The highest BCUT2D eigenvalue weighted by molar-refractivity contribution is 5.91. The van der Waals surface area contributed by atoms with E-state index in [-0.39, 0.29) is 23.8 Å². The Morgan fingerprint density at radius 1 is 1.32 bits per heavy atom. The molecule has 4 rings (SSSR count). The van der Waals surface area contributed by atoms with Crippen molar-refractivity contribution in [3.05, 3.63) is 41.9 Å². The Morgan fingerprint density at radius 3 is 2.97 bits per heavy atom. The van der Waals surface area contributed by atoms with Gasteiger partial charge in [0.15, 0.2) is 0 Å². The maximum atomic E-state index is 13.2. The lowest BCUT2D eigenvalue weighted by Gasteiger charge is -2.37. The van der Waals surface area contributed by atoms with Crippen molar-refractivity contribution in [2.24, 2.45) is 0 Å². The highest BCUT2D eigenvalue weighted by Gasteiger charge is 2.27. The van der Waals surface area contributed by atoms with Crippen LogP contribution in [0.3, 0.4) is 0 Å². The summed E-state index contributed by atoms with van der Waals surface area (Å²) in [7, 11) is 1.92. The standard InChI is InChI=1S/C22H30FN7O/c1-3-6-16(11-15-13-24-19-8-5-4-7-18(15)19)25-21(31)20-26-22(28-27-20)30-10-9-29(2)17(12-23)14-30/h4-5,7-8,13,16-17,24H,3,6,9-12,14H2,1-2H3,(H,25,31)(H,26,27,28). The van der Waals surface area contributed by atoms with Crippen LogP contribution in [-0.4, -0.2) is 76.4 Å². The largest absolute Gasteiger partial charge is 0.361 e. The van der Waals surface area contributed by atoms with E-state index in [0.29, 0.717) is 19.0 Å². The van der Waals surface area contributed by atoms with E-state index in [0.717, 1.165) is 31.3 Å². The molecule has 166 valence electrons. The van der Waals surface area contributed by atoms with E-state index in [4.69, 9.17) is 0 Å². The molecular formula is C22H30FN7O. The van der Waals surface area contributed by atoms with Gasteiger partial charge in [-0.15, -0.1) is 10.2 Å². The van der Waals surface area contributed by atoms with Gasteiger partial charge in [-0.3, -0.25) is 9.69 Å². The van der Waals surface area contributed by atoms with E-state index in [1.54, 1.807) is 0 Å². The van der Waals surface area contributed by atoms with E-state index in [1.807, 2.05) is 41.2 Å². The first kappa shape index (κ1) is 21.3. The Bertz CT molecular complexity index is 1020. The lowest BCUT2D eigenvalue weighted by Crippen LogP contribution is -2.52. The van der Waals surface area contributed by atoms with Gasteiger partial charge in [0.05, 0.1) is 6.04 Å². The van der Waals surface area contributed by atoms with Crippen LogP contribution in [0, 0.1) is 0 Å². The van der Waals surface area contributed by atoms with Gasteiger partial charge in [0.1, 0.15) is 6.67 Å². The third-order valence-corrected chi connectivity index (χ3v) is 6.06. The third kappa shape index (κ3) is 4.71. The highest BCUT2D eigenvalue weighted by atomic mass is 19.1. The predicted octanol–water partition coefficient (Wildman–Crippen LogP) is 2.52. The molecule has 2 unspecified atom stereocenters. The Kier molecular flexibility index (Phi) is 6.50. The number of para-hydroxylation sites is 1. The van der Waals surface area contributed by atoms with Gasteiger partial charge in [-0.2, -0.15) is 0 Å². The van der Waals surface area contributed by atoms with Gasteiger partial charge < -0.3 is 20.2 Å². The zero-order valence-electron chi connectivity index (χ0n) is 18.1. The van der Waals surface area contributed by atoms with Crippen LogP contribution in [0.15, 0.2) is 30.5 Å². The SMILES string of the molecule is CCCC(Cc1c[nH]c2ccccc12)NC(=O)c1nnc(N2CCN(C)C(CF)C2)[nH]1. The fourth-order valence-corrected chi connectivity index (χ4v) is 4.20. The molecule has 1 saturated heterocycles. The summed E-state index contributed by atoms with van der Waals surface area (Å²) in [6, 6.07) is 7.98. The molecule has 3 aromatic rings. The summed E-state index contributed by atoms with van der Waals surface area (Å²) in [5, 5.41) is 12.5. The van der Waals surface area contributed by atoms with E-state index >= 15 is 0 Å². The van der Waals surface area contributed by atoms with E-state index in [1.165, 1.54) is 10.9 Å². The van der Waals surface area contributed by atoms with Crippen LogP contribution in [0.25, 0.3) is 10.9 Å². The monoisotopic (exact) mass is 427 g/mol. The minimum absolute atomic E-state index is 0.00943. The molecule has 1 aliphatic heterocycles. The second kappa shape index (κ2) is 9.47. The van der Waals surface area contributed by atoms with Crippen molar-refractivity contribution in [2.45, 2.75) is 38.3 Å². The van der Waals surface area contributed by atoms with Crippen molar-refractivity contribution in [1.82, 2.24) is 30.4 Å². The Morgan fingerprint density at radius 2 is 2.16 bits per heavy atom. The van der Waals surface area contributed by atoms with Crippen LogP contribution in [0.1, 0.15) is 35.9 Å². The van der Waals surface area contributed by atoms with Crippen molar-refractivity contribution in [1.29, 1.82) is 0 Å². The van der Waals surface area contributed by atoms with Crippen molar-refractivity contribution >= 4 is 22.8 Å². The number of nitrogens with one attached hydrogen (secondary N) is 3. The van der Waals surface area contributed by atoms with E-state index in [2.05, 4.69) is 38.5 Å². The van der Waals surface area contributed by atoms with Gasteiger partial charge in [-0.1, -0.05) is 31.5 Å². The number of nitrogens with zero attached hydrogens (tertiary/aromatic N) is 4. The summed E-state index contributed by atoms with van der Waals surface area (Å²) < 4.78 is 13.2. The number of hydrogen-bond donors (Lipinski definition) is 3. The number of aromatic amines is 2. The molecule has 0 saturated carbocycles. The molecule has 0 bridgehead atoms. The number of carbonyl (C=O) groups is 1. The maximum Gasteiger partial charge on any atom is 0.289 e. The normalized spacial score (nSPS) is 18.4. The summed E-state index contributed by atoms with van der Waals surface area (Å²) in [5.74, 6) is 0.430. The molecule has 0 radical (unpaired) electrons. The summed E-state index contributed by atoms with van der Waals surface area (Å²) in [5.41, 5.74) is 2.28. The zero-order chi connectivity index (χ0) is 21.8. The Labute approximate surface area is 181 Å². The second-order valence-corrected chi connectivity index (χ2v) is 8.25. The van der Waals surface area contributed by atoms with Crippen LogP contribution in [0.5, 0.6) is 0 Å². The van der Waals surface area contributed by atoms with Crippen LogP contribution < -0.4 is 10.2 Å². The van der Waals surface area contributed by atoms with E-state index in [9.17, 15) is 9.18 Å². The molecule has 1 fully saturated rings. The van der Waals surface area contributed by atoms with Crippen LogP contribution in [0.2, 0.25) is 0 Å². The lowest BCUT2D eigenvalue weighted by atomic mass is 10.0. The number of halogens is 1. The average Bonchev–Trinajstić information content (AvgIpc) is 3.42. The molecule has 2 aromatic heterocycles. The molecular weight excluding hydrogens is 397 g/mol. The minimum Gasteiger partial charge on any atom is -0.361 e. The zero-order valence-corrected chi connectivity index (χ0v) is 18.1. The van der Waals surface area contributed by atoms with Gasteiger partial charge in [-0.05, 0) is 31.5 Å². The highest BCUT2D eigenvalue weighted by Crippen LogP contribution is 2.20. The average molecular weight is 428 g/mol. The smallest absolute Gasteiger partial charge is 0.289 e. The molecule has 3 heterocycles. The third-order valence-electron chi connectivity index (χ3n) is 6.06. The number of aromatic nitrogens is 4. The number of piperazine rings is 1. The second-order valence-electron chi connectivity index (χ2n) is 8.25. The molecule has 1 aromatic carbocycles. The summed E-state index contributed by atoms with van der Waals surface area (Å²) in [4.78, 5) is 23.1. The molecule has 31 heavy (non-hydrogen) atoms. The van der Waals surface area contributed by atoms with Gasteiger partial charge in [0.2, 0.25) is 11.8 Å². The van der Waals surface area contributed by atoms with Crippen molar-refractivity contribution in [3.63, 3.8) is 0 Å². The molecule has 1 aliphatic rings. The molecule has 1 amide bonds. The van der Waals surface area contributed by atoms with E-state index < -0.39 is 6.67 Å². The van der Waals surface area contributed by atoms with Crippen molar-refractivity contribution in [3.8, 4) is 0 Å². The maximum absolute atomic E-state index is 13.2. The number of benzene rings is 1. The molecule has 3 N–H and O–H groups in total. The van der Waals surface area contributed by atoms with Crippen molar-refractivity contribution in [2.75, 3.05) is 38.3 Å². The van der Waals surface area contributed by atoms with Crippen molar-refractivity contribution < 1.29 is 9.18 Å². The lowest BCUT2D eigenvalue weighted by molar-refractivity contribution is 0.0924. The first-order valence-corrected chi connectivity index (χ1v) is 10.9. The fraction of sp³-hybridized carbons (Fsp3) is 0.500. The van der Waals surface area contributed by atoms with Crippen LogP contribution >= 0.6 is 0 Å². The molecule has 8 nitrogen and oxygen atoms in total. The molecule has 9 heteroatoms. The number of H-pyrrole nitrogens is 2. The summed E-state index contributed by atoms with van der Waals surface area (Å²) in [6.45, 7) is 3.65. The molecule has 0 spiro atoms. The minimum atomic E-state index is -0.416. The van der Waals surface area contributed by atoms with Gasteiger partial charge in [0, 0.05) is 42.8 Å². The van der Waals surface area contributed by atoms with Gasteiger partial charge in [0.25, 0.3) is 5.91 Å². The Balaban J connectivity index is 1.42. The quantitative estimate of drug-likeness (QED) is 0.514. The number of likely N-dealkylation sites (N-methyl/N-ethyl adjacent to an activating group) is 1. The summed E-state index contributed by atoms with van der Waals surface area (Å²) >= 11 is 0. The number of carbonyl (C=O) groups excluding carboxylic acids is 1.